The number of nitrogens with one attached hydrogen (secondary N) is 1. The van der Waals surface area contributed by atoms with Crippen LogP contribution >= 0.6 is 0 Å². The van der Waals surface area contributed by atoms with Crippen molar-refractivity contribution in [2.24, 2.45) is 0 Å². The van der Waals surface area contributed by atoms with Crippen molar-refractivity contribution in [3.63, 3.8) is 0 Å². The molecule has 0 atom stereocenters. The summed E-state index contributed by atoms with van der Waals surface area (Å²) in [6.07, 6.45) is -3.59. The lowest BCUT2D eigenvalue weighted by molar-refractivity contribution is -0.137. The van der Waals surface area contributed by atoms with Crippen LogP contribution in [0.5, 0.6) is 17.2 Å². The van der Waals surface area contributed by atoms with Gasteiger partial charge in [-0.1, -0.05) is 24.3 Å². The van der Waals surface area contributed by atoms with Crippen molar-refractivity contribution >= 4 is 21.6 Å². The van der Waals surface area contributed by atoms with Gasteiger partial charge in [-0.15, -0.1) is 0 Å². The van der Waals surface area contributed by atoms with E-state index in [1.54, 1.807) is 0 Å². The lowest BCUT2D eigenvalue weighted by Gasteiger charge is -2.25. The molecule has 0 radical (unpaired) electrons. The number of nitrogens with zero attached hydrogens (tertiary/aromatic N) is 1. The summed E-state index contributed by atoms with van der Waals surface area (Å²) in [4.78, 5) is 12.6. The fourth-order valence-corrected chi connectivity index (χ4v) is 5.39. The standard InChI is InChI=1S/C28H31F3N2O6S/c1-4-39-24-13-6-5-9-20(24)10-8-16-32-27(34)19-33(22-12-7-11-21(17-22)28(29,30)31)40(35,36)23-14-15-25(37-2)26(18-23)38-3/h5-7,9,11-15,17-18H,4,8,10,16,19H2,1-3H3,(H,32,34). The summed E-state index contributed by atoms with van der Waals surface area (Å²) >= 11 is 0. The predicted octanol–water partition coefficient (Wildman–Crippen LogP) is 5.07. The van der Waals surface area contributed by atoms with Crippen LogP contribution in [0, 0.1) is 0 Å². The second-order valence-electron chi connectivity index (χ2n) is 8.57. The van der Waals surface area contributed by atoms with Crippen molar-refractivity contribution in [1.82, 2.24) is 5.32 Å². The number of carbonyl (C=O) groups excluding carboxylic acids is 1. The van der Waals surface area contributed by atoms with Crippen molar-refractivity contribution in [1.29, 1.82) is 0 Å². The number of sulfonamides is 1. The molecule has 0 aromatic heterocycles. The van der Waals surface area contributed by atoms with Crippen LogP contribution in [0.2, 0.25) is 0 Å². The van der Waals surface area contributed by atoms with Gasteiger partial charge in [0.05, 0.1) is 37.0 Å². The molecule has 12 heteroatoms. The number of amides is 1. The maximum Gasteiger partial charge on any atom is 0.416 e. The molecule has 0 heterocycles. The van der Waals surface area contributed by atoms with Gasteiger partial charge in [0.1, 0.15) is 12.3 Å². The van der Waals surface area contributed by atoms with Crippen LogP contribution in [-0.2, 0) is 27.4 Å². The number of methoxy groups -OCH3 is 2. The predicted molar refractivity (Wildman–Crippen MR) is 144 cm³/mol. The third kappa shape index (κ3) is 7.59. The Kier molecular flexibility index (Phi) is 10.3. The number of carbonyl (C=O) groups is 1. The van der Waals surface area contributed by atoms with E-state index in [4.69, 9.17) is 14.2 Å². The molecule has 0 saturated heterocycles. The van der Waals surface area contributed by atoms with Crippen LogP contribution in [0.25, 0.3) is 0 Å². The second kappa shape index (κ2) is 13.4. The average molecular weight is 581 g/mol. The van der Waals surface area contributed by atoms with Gasteiger partial charge in [-0.05, 0) is 61.7 Å². The quantitative estimate of drug-likeness (QED) is 0.284. The fourth-order valence-electron chi connectivity index (χ4n) is 3.96. The van der Waals surface area contributed by atoms with E-state index >= 15 is 0 Å². The van der Waals surface area contributed by atoms with Crippen LogP contribution in [-0.4, -0.2) is 48.2 Å². The number of halogens is 3. The number of alkyl halides is 3. The Morgan fingerprint density at radius 2 is 1.65 bits per heavy atom. The summed E-state index contributed by atoms with van der Waals surface area (Å²) in [7, 11) is -1.81. The van der Waals surface area contributed by atoms with Gasteiger partial charge in [0.15, 0.2) is 11.5 Å². The minimum atomic E-state index is -4.71. The highest BCUT2D eigenvalue weighted by atomic mass is 32.2. The average Bonchev–Trinajstić information content (AvgIpc) is 2.94. The Bertz CT molecular complexity index is 1410. The van der Waals surface area contributed by atoms with Crippen LogP contribution in [0.3, 0.4) is 0 Å². The molecule has 0 aliphatic heterocycles. The van der Waals surface area contributed by atoms with Crippen molar-refractivity contribution < 1.29 is 40.6 Å². The molecule has 0 aliphatic carbocycles. The van der Waals surface area contributed by atoms with E-state index in [9.17, 15) is 26.4 Å². The van der Waals surface area contributed by atoms with E-state index in [1.807, 2.05) is 31.2 Å². The highest BCUT2D eigenvalue weighted by Gasteiger charge is 2.33. The number of ether oxygens (including phenoxy) is 3. The fraction of sp³-hybridized carbons (Fsp3) is 0.321. The molecule has 3 rings (SSSR count). The molecular weight excluding hydrogens is 549 g/mol. The molecule has 1 N–H and O–H groups in total. The van der Waals surface area contributed by atoms with E-state index in [-0.39, 0.29) is 28.6 Å². The van der Waals surface area contributed by atoms with E-state index in [2.05, 4.69) is 5.32 Å². The van der Waals surface area contributed by atoms with Crippen LogP contribution in [0.15, 0.2) is 71.6 Å². The van der Waals surface area contributed by atoms with Gasteiger partial charge in [0.25, 0.3) is 10.0 Å². The van der Waals surface area contributed by atoms with E-state index in [0.29, 0.717) is 29.8 Å². The molecule has 0 bridgehead atoms. The van der Waals surface area contributed by atoms with Gasteiger partial charge < -0.3 is 19.5 Å². The van der Waals surface area contributed by atoms with E-state index in [0.717, 1.165) is 23.4 Å². The minimum Gasteiger partial charge on any atom is -0.494 e. The second-order valence-corrected chi connectivity index (χ2v) is 10.4. The topological polar surface area (TPSA) is 94.2 Å². The number of anilines is 1. The molecule has 0 saturated carbocycles. The zero-order valence-electron chi connectivity index (χ0n) is 22.3. The van der Waals surface area contributed by atoms with Crippen molar-refractivity contribution in [3.8, 4) is 17.2 Å². The molecule has 3 aromatic rings. The number of hydrogen-bond donors (Lipinski definition) is 1. The molecule has 0 spiro atoms. The molecule has 40 heavy (non-hydrogen) atoms. The third-order valence-corrected chi connectivity index (χ3v) is 7.68. The highest BCUT2D eigenvalue weighted by Crippen LogP contribution is 2.35. The Morgan fingerprint density at radius 1 is 0.925 bits per heavy atom. The summed E-state index contributed by atoms with van der Waals surface area (Å²) in [5.74, 6) is 0.424. The molecule has 8 nitrogen and oxygen atoms in total. The summed E-state index contributed by atoms with van der Waals surface area (Å²) in [6.45, 7) is 1.86. The van der Waals surface area contributed by atoms with Gasteiger partial charge in [0, 0.05) is 12.6 Å². The summed E-state index contributed by atoms with van der Waals surface area (Å²) in [5, 5.41) is 2.66. The first-order valence-electron chi connectivity index (χ1n) is 12.4. The Balaban J connectivity index is 1.84. The summed E-state index contributed by atoms with van der Waals surface area (Å²) in [6, 6.07) is 15.1. The summed E-state index contributed by atoms with van der Waals surface area (Å²) in [5.41, 5.74) is -0.406. The third-order valence-electron chi connectivity index (χ3n) is 5.91. The summed E-state index contributed by atoms with van der Waals surface area (Å²) < 4.78 is 84.2. The first-order chi connectivity index (χ1) is 19.0. The van der Waals surface area contributed by atoms with Crippen LogP contribution < -0.4 is 23.8 Å². The van der Waals surface area contributed by atoms with Crippen molar-refractivity contribution in [3.05, 3.63) is 77.9 Å². The van der Waals surface area contributed by atoms with Gasteiger partial charge in [0.2, 0.25) is 5.91 Å². The molecule has 216 valence electrons. The SMILES string of the molecule is CCOc1ccccc1CCCNC(=O)CN(c1cccc(C(F)(F)F)c1)S(=O)(=O)c1ccc(OC)c(OC)c1. The number of hydrogen-bond acceptors (Lipinski definition) is 6. The first-order valence-corrected chi connectivity index (χ1v) is 13.8. The molecule has 1 amide bonds. The molecule has 0 aliphatic rings. The number of benzene rings is 3. The largest absolute Gasteiger partial charge is 0.494 e. The van der Waals surface area contributed by atoms with Gasteiger partial charge in [-0.25, -0.2) is 8.42 Å². The number of para-hydroxylation sites is 1. The molecule has 0 unspecified atom stereocenters. The smallest absolute Gasteiger partial charge is 0.416 e. The van der Waals surface area contributed by atoms with Crippen molar-refractivity contribution in [2.75, 3.05) is 38.2 Å². The minimum absolute atomic E-state index is 0.101. The number of rotatable bonds is 13. The maximum absolute atomic E-state index is 13.7. The Hall–Kier alpha value is -3.93. The van der Waals surface area contributed by atoms with Gasteiger partial charge in [-0.3, -0.25) is 9.10 Å². The lowest BCUT2D eigenvalue weighted by Crippen LogP contribution is -2.41. The molecule has 3 aromatic carbocycles. The normalized spacial score (nSPS) is 11.6. The zero-order valence-corrected chi connectivity index (χ0v) is 23.1. The lowest BCUT2D eigenvalue weighted by atomic mass is 10.1. The first kappa shape index (κ1) is 30.6. The van der Waals surface area contributed by atoms with Crippen molar-refractivity contribution in [2.45, 2.75) is 30.8 Å². The van der Waals surface area contributed by atoms with E-state index < -0.39 is 34.2 Å². The van der Waals surface area contributed by atoms with Crippen LogP contribution in [0.4, 0.5) is 18.9 Å². The van der Waals surface area contributed by atoms with Gasteiger partial charge >= 0.3 is 6.18 Å². The van der Waals surface area contributed by atoms with Gasteiger partial charge in [-0.2, -0.15) is 13.2 Å². The Morgan fingerprint density at radius 3 is 2.33 bits per heavy atom. The molecular formula is C28H31F3N2O6S. The maximum atomic E-state index is 13.7. The van der Waals surface area contributed by atoms with E-state index in [1.165, 1.54) is 38.5 Å². The Labute approximate surface area is 231 Å². The monoisotopic (exact) mass is 580 g/mol. The zero-order chi connectivity index (χ0) is 29.3. The molecule has 0 fully saturated rings. The van der Waals surface area contributed by atoms with Crippen LogP contribution in [0.1, 0.15) is 24.5 Å². The number of aryl methyl sites for hydroxylation is 1. The highest BCUT2D eigenvalue weighted by molar-refractivity contribution is 7.92.